The molecule has 2 aromatic carbocycles. The van der Waals surface area contributed by atoms with E-state index in [1.807, 2.05) is 46.9 Å². The number of anilines is 1. The van der Waals surface area contributed by atoms with Gasteiger partial charge in [-0.05, 0) is 53.4 Å². The van der Waals surface area contributed by atoms with Crippen molar-refractivity contribution in [1.29, 1.82) is 0 Å². The minimum Gasteiger partial charge on any atom is -0.322 e. The summed E-state index contributed by atoms with van der Waals surface area (Å²) in [5.41, 5.74) is 2.03. The lowest BCUT2D eigenvalue weighted by Crippen LogP contribution is -2.43. The first-order chi connectivity index (χ1) is 12.9. The van der Waals surface area contributed by atoms with E-state index in [1.54, 1.807) is 6.07 Å². The molecule has 7 nitrogen and oxygen atoms in total. The molecule has 142 valence electrons. The van der Waals surface area contributed by atoms with Crippen molar-refractivity contribution >= 4 is 39.9 Å². The second-order valence-corrected chi connectivity index (χ2v) is 7.82. The number of non-ortho nitro benzene ring substituents is 1. The van der Waals surface area contributed by atoms with Gasteiger partial charge in [-0.15, -0.1) is 0 Å². The molecular formula is C19H21IN4O3. The Morgan fingerprint density at radius 3 is 2.63 bits per heavy atom. The first-order valence-corrected chi connectivity index (χ1v) is 9.75. The van der Waals surface area contributed by atoms with Crippen molar-refractivity contribution in [2.45, 2.75) is 6.54 Å². The number of nitro benzene ring substituents is 1. The number of nitrogens with zero attached hydrogens (tertiary/aromatic N) is 3. The quantitative estimate of drug-likeness (QED) is 0.404. The van der Waals surface area contributed by atoms with Crippen LogP contribution in [0.5, 0.6) is 0 Å². The molecule has 1 N–H and O–H groups in total. The Labute approximate surface area is 171 Å². The largest absolute Gasteiger partial charge is 0.322 e. The third-order valence-electron chi connectivity index (χ3n) is 4.59. The van der Waals surface area contributed by atoms with Gasteiger partial charge in [0, 0.05) is 54.1 Å². The van der Waals surface area contributed by atoms with E-state index in [0.717, 1.165) is 38.3 Å². The number of piperazine rings is 1. The molecule has 1 fully saturated rings. The zero-order valence-electron chi connectivity index (χ0n) is 15.0. The molecule has 0 saturated carbocycles. The predicted octanol–water partition coefficient (Wildman–Crippen LogP) is 3.20. The van der Waals surface area contributed by atoms with E-state index in [4.69, 9.17) is 0 Å². The standard InChI is InChI=1S/C19H21IN4O3/c1-22-7-9-23(10-8-22)13-14-3-2-4-15(11-14)21-19(25)17-12-16(24(26)27)5-6-18(17)20/h2-6,11-12H,7-10,13H2,1H3,(H,21,25). The Hall–Kier alpha value is -2.04. The minimum atomic E-state index is -0.496. The highest BCUT2D eigenvalue weighted by atomic mass is 127. The number of halogens is 1. The molecule has 0 spiro atoms. The number of likely N-dealkylation sites (N-methyl/N-ethyl adjacent to an activating group) is 1. The van der Waals surface area contributed by atoms with E-state index in [0.29, 0.717) is 14.8 Å². The predicted molar refractivity (Wildman–Crippen MR) is 113 cm³/mol. The van der Waals surface area contributed by atoms with Crippen LogP contribution in [0.2, 0.25) is 0 Å². The fourth-order valence-electron chi connectivity index (χ4n) is 3.01. The summed E-state index contributed by atoms with van der Waals surface area (Å²) < 4.78 is 0.671. The highest BCUT2D eigenvalue weighted by molar-refractivity contribution is 14.1. The van der Waals surface area contributed by atoms with Crippen LogP contribution in [-0.2, 0) is 6.54 Å². The molecule has 27 heavy (non-hydrogen) atoms. The molecule has 1 aliphatic heterocycles. The van der Waals surface area contributed by atoms with Gasteiger partial charge in [0.1, 0.15) is 0 Å². The lowest BCUT2D eigenvalue weighted by atomic mass is 10.1. The van der Waals surface area contributed by atoms with Crippen LogP contribution in [0.15, 0.2) is 42.5 Å². The van der Waals surface area contributed by atoms with Crippen molar-refractivity contribution in [2.24, 2.45) is 0 Å². The smallest absolute Gasteiger partial charge is 0.270 e. The molecule has 0 radical (unpaired) electrons. The summed E-state index contributed by atoms with van der Waals surface area (Å²) in [6.45, 7) is 5.01. The van der Waals surface area contributed by atoms with Crippen LogP contribution in [0.4, 0.5) is 11.4 Å². The molecule has 0 aromatic heterocycles. The number of hydrogen-bond donors (Lipinski definition) is 1. The molecule has 1 saturated heterocycles. The van der Waals surface area contributed by atoms with Gasteiger partial charge in [-0.25, -0.2) is 0 Å². The molecule has 0 bridgehead atoms. The van der Waals surface area contributed by atoms with Crippen LogP contribution >= 0.6 is 22.6 Å². The first kappa shape index (κ1) is 19.7. The summed E-state index contributed by atoms with van der Waals surface area (Å²) >= 11 is 2.01. The van der Waals surface area contributed by atoms with Crippen LogP contribution < -0.4 is 5.32 Å². The van der Waals surface area contributed by atoms with Crippen molar-refractivity contribution < 1.29 is 9.72 Å². The fraction of sp³-hybridized carbons (Fsp3) is 0.316. The second-order valence-electron chi connectivity index (χ2n) is 6.66. The number of nitrogens with one attached hydrogen (secondary N) is 1. The molecule has 8 heteroatoms. The lowest BCUT2D eigenvalue weighted by molar-refractivity contribution is -0.384. The van der Waals surface area contributed by atoms with E-state index in [1.165, 1.54) is 12.1 Å². The molecule has 3 rings (SSSR count). The fourth-order valence-corrected chi connectivity index (χ4v) is 3.59. The Bertz CT molecular complexity index is 851. The summed E-state index contributed by atoms with van der Waals surface area (Å²) in [4.78, 5) is 27.8. The SMILES string of the molecule is CN1CCN(Cc2cccc(NC(=O)c3cc([N+](=O)[O-])ccc3I)c2)CC1. The number of benzene rings is 2. The topological polar surface area (TPSA) is 78.7 Å². The summed E-state index contributed by atoms with van der Waals surface area (Å²) in [6.07, 6.45) is 0. The molecule has 0 aliphatic carbocycles. The Balaban J connectivity index is 1.70. The highest BCUT2D eigenvalue weighted by Gasteiger charge is 2.17. The summed E-state index contributed by atoms with van der Waals surface area (Å²) in [7, 11) is 2.13. The number of rotatable bonds is 5. The maximum atomic E-state index is 12.6. The van der Waals surface area contributed by atoms with Gasteiger partial charge in [0.25, 0.3) is 11.6 Å². The number of amides is 1. The van der Waals surface area contributed by atoms with Gasteiger partial charge in [-0.1, -0.05) is 12.1 Å². The molecule has 2 aromatic rings. The zero-order valence-corrected chi connectivity index (χ0v) is 17.2. The number of nitro groups is 1. The van der Waals surface area contributed by atoms with Crippen LogP contribution in [0, 0.1) is 13.7 Å². The normalized spacial score (nSPS) is 15.5. The van der Waals surface area contributed by atoms with E-state index in [-0.39, 0.29) is 11.6 Å². The lowest BCUT2D eigenvalue weighted by Gasteiger charge is -2.32. The molecule has 1 amide bonds. The molecule has 1 heterocycles. The average molecular weight is 480 g/mol. The Morgan fingerprint density at radius 2 is 1.93 bits per heavy atom. The van der Waals surface area contributed by atoms with Crippen LogP contribution in [-0.4, -0.2) is 53.9 Å². The van der Waals surface area contributed by atoms with Crippen LogP contribution in [0.3, 0.4) is 0 Å². The Kier molecular flexibility index (Phi) is 6.40. The Morgan fingerprint density at radius 1 is 1.19 bits per heavy atom. The zero-order chi connectivity index (χ0) is 19.4. The van der Waals surface area contributed by atoms with E-state index < -0.39 is 4.92 Å². The summed E-state index contributed by atoms with van der Waals surface area (Å²) in [6, 6.07) is 12.0. The second kappa shape index (κ2) is 8.77. The van der Waals surface area contributed by atoms with E-state index in [9.17, 15) is 14.9 Å². The van der Waals surface area contributed by atoms with Gasteiger partial charge in [0.15, 0.2) is 0 Å². The van der Waals surface area contributed by atoms with Gasteiger partial charge in [-0.2, -0.15) is 0 Å². The molecule has 1 aliphatic rings. The summed E-state index contributed by atoms with van der Waals surface area (Å²) in [5.74, 6) is -0.347. The van der Waals surface area contributed by atoms with Crippen molar-refractivity contribution in [3.63, 3.8) is 0 Å². The summed E-state index contributed by atoms with van der Waals surface area (Å²) in [5, 5.41) is 13.8. The van der Waals surface area contributed by atoms with Crippen molar-refractivity contribution in [3.8, 4) is 0 Å². The van der Waals surface area contributed by atoms with Crippen LogP contribution in [0.25, 0.3) is 0 Å². The van der Waals surface area contributed by atoms with Crippen molar-refractivity contribution in [3.05, 3.63) is 67.3 Å². The minimum absolute atomic E-state index is 0.0932. The van der Waals surface area contributed by atoms with Crippen LogP contribution in [0.1, 0.15) is 15.9 Å². The van der Waals surface area contributed by atoms with Gasteiger partial charge >= 0.3 is 0 Å². The average Bonchev–Trinajstić information content (AvgIpc) is 2.64. The third-order valence-corrected chi connectivity index (χ3v) is 5.53. The first-order valence-electron chi connectivity index (χ1n) is 8.67. The van der Waals surface area contributed by atoms with Crippen molar-refractivity contribution in [2.75, 3.05) is 38.5 Å². The third kappa shape index (κ3) is 5.24. The number of hydrogen-bond acceptors (Lipinski definition) is 5. The van der Waals surface area contributed by atoms with Crippen molar-refractivity contribution in [1.82, 2.24) is 9.80 Å². The number of carbonyl (C=O) groups is 1. The van der Waals surface area contributed by atoms with Gasteiger partial charge in [0.2, 0.25) is 0 Å². The van der Waals surface area contributed by atoms with Gasteiger partial charge in [-0.3, -0.25) is 19.8 Å². The highest BCUT2D eigenvalue weighted by Crippen LogP contribution is 2.21. The maximum Gasteiger partial charge on any atom is 0.270 e. The van der Waals surface area contributed by atoms with E-state index >= 15 is 0 Å². The van der Waals surface area contributed by atoms with E-state index in [2.05, 4.69) is 22.2 Å². The maximum absolute atomic E-state index is 12.6. The molecule has 0 unspecified atom stereocenters. The monoisotopic (exact) mass is 480 g/mol. The van der Waals surface area contributed by atoms with Gasteiger partial charge < -0.3 is 10.2 Å². The molecular weight excluding hydrogens is 459 g/mol. The molecule has 0 atom stereocenters. The number of carbonyl (C=O) groups excluding carboxylic acids is 1. The van der Waals surface area contributed by atoms with Gasteiger partial charge in [0.05, 0.1) is 10.5 Å².